The molecule has 0 aromatic rings. The van der Waals surface area contributed by atoms with Crippen LogP contribution in [0.5, 0.6) is 0 Å². The van der Waals surface area contributed by atoms with Crippen LogP contribution in [0.15, 0.2) is 11.1 Å². The monoisotopic (exact) mass is 136 g/mol. The van der Waals surface area contributed by atoms with E-state index >= 15 is 0 Å². The molecule has 0 amide bonds. The van der Waals surface area contributed by atoms with Gasteiger partial charge in [-0.2, -0.15) is 0 Å². The zero-order valence-corrected chi connectivity index (χ0v) is 7.31. The van der Waals surface area contributed by atoms with Crippen molar-refractivity contribution in [1.82, 2.24) is 0 Å². The lowest BCUT2D eigenvalue weighted by Crippen LogP contribution is -2.51. The molecule has 1 fully saturated rings. The Labute approximate surface area is 63.3 Å². The normalized spacial score (nSPS) is 51.6. The maximum atomic E-state index is 2.39. The van der Waals surface area contributed by atoms with E-state index < -0.39 is 0 Å². The van der Waals surface area contributed by atoms with E-state index in [0.717, 1.165) is 23.7 Å². The summed E-state index contributed by atoms with van der Waals surface area (Å²) in [6.45, 7) is 9.39. The maximum Gasteiger partial charge on any atom is -0.0107 e. The smallest absolute Gasteiger partial charge is 0.0107 e. The van der Waals surface area contributed by atoms with Gasteiger partial charge in [-0.1, -0.05) is 25.0 Å². The second kappa shape index (κ2) is 1.66. The Kier molecular flexibility index (Phi) is 1.07. The van der Waals surface area contributed by atoms with Crippen molar-refractivity contribution in [2.45, 2.75) is 27.7 Å². The fourth-order valence-electron chi connectivity index (χ4n) is 2.92. The zero-order valence-electron chi connectivity index (χ0n) is 7.31. The van der Waals surface area contributed by atoms with Crippen LogP contribution in [0.3, 0.4) is 0 Å². The van der Waals surface area contributed by atoms with Gasteiger partial charge in [-0.15, -0.1) is 0 Å². The van der Waals surface area contributed by atoms with Gasteiger partial charge in [0.1, 0.15) is 0 Å². The van der Waals surface area contributed by atoms with Crippen molar-refractivity contribution in [2.75, 3.05) is 0 Å². The van der Waals surface area contributed by atoms with E-state index in [1.165, 1.54) is 0 Å². The minimum atomic E-state index is 0.966. The highest BCUT2D eigenvalue weighted by Gasteiger charge is 2.52. The third-order valence-electron chi connectivity index (χ3n) is 3.97. The first-order valence-electron chi connectivity index (χ1n) is 4.32. The molecule has 4 unspecified atom stereocenters. The molecule has 1 saturated carbocycles. The Bertz CT molecular complexity index is 178. The van der Waals surface area contributed by atoms with E-state index in [2.05, 4.69) is 27.7 Å². The Hall–Kier alpha value is -0.260. The summed E-state index contributed by atoms with van der Waals surface area (Å²) < 4.78 is 0. The molecule has 0 heterocycles. The van der Waals surface area contributed by atoms with Crippen molar-refractivity contribution >= 4 is 0 Å². The molecule has 0 nitrogen and oxygen atoms in total. The van der Waals surface area contributed by atoms with Crippen molar-refractivity contribution in [2.24, 2.45) is 23.7 Å². The Morgan fingerprint density at radius 1 is 0.800 bits per heavy atom. The second-order valence-corrected chi connectivity index (χ2v) is 4.14. The van der Waals surface area contributed by atoms with Gasteiger partial charge in [-0.3, -0.25) is 0 Å². The largest absolute Gasteiger partial charge is 0.0701 e. The van der Waals surface area contributed by atoms with Crippen molar-refractivity contribution in [3.8, 4) is 0 Å². The molecule has 2 aliphatic carbocycles. The molecule has 0 radical (unpaired) electrons. The lowest BCUT2D eigenvalue weighted by atomic mass is 9.46. The second-order valence-electron chi connectivity index (χ2n) is 4.14. The Balaban J connectivity index is 2.24. The third kappa shape index (κ3) is 0.457. The number of rotatable bonds is 0. The lowest BCUT2D eigenvalue weighted by molar-refractivity contribution is 0.0230. The van der Waals surface area contributed by atoms with Crippen LogP contribution in [0.2, 0.25) is 0 Å². The quantitative estimate of drug-likeness (QED) is 0.449. The van der Waals surface area contributed by atoms with Gasteiger partial charge in [-0.25, -0.2) is 0 Å². The van der Waals surface area contributed by atoms with Crippen molar-refractivity contribution < 1.29 is 0 Å². The van der Waals surface area contributed by atoms with Crippen LogP contribution in [0.25, 0.3) is 0 Å². The summed E-state index contributed by atoms with van der Waals surface area (Å²) in [7, 11) is 0. The first-order valence-corrected chi connectivity index (χ1v) is 4.32. The van der Waals surface area contributed by atoms with Crippen molar-refractivity contribution in [3.05, 3.63) is 11.1 Å². The molecule has 0 spiro atoms. The molecular formula is C10H16. The molecule has 0 aromatic carbocycles. The molecule has 0 heteroatoms. The number of allylic oxidation sites excluding steroid dienone is 2. The van der Waals surface area contributed by atoms with Gasteiger partial charge in [0, 0.05) is 0 Å². The standard InChI is InChI=1S/C10H16/c1-5-6(2)10-8(4)7(3)9(5)10/h5-6,9-10H,1-4H3. The fraction of sp³-hybridized carbons (Fsp3) is 0.800. The summed E-state index contributed by atoms with van der Waals surface area (Å²) in [6, 6.07) is 0. The van der Waals surface area contributed by atoms with Gasteiger partial charge in [0.2, 0.25) is 0 Å². The summed E-state index contributed by atoms with van der Waals surface area (Å²) in [4.78, 5) is 0. The minimum Gasteiger partial charge on any atom is -0.0701 e. The van der Waals surface area contributed by atoms with Crippen LogP contribution >= 0.6 is 0 Å². The molecule has 2 aliphatic rings. The van der Waals surface area contributed by atoms with Crippen LogP contribution in [0, 0.1) is 23.7 Å². The highest BCUT2D eigenvalue weighted by Crippen LogP contribution is 2.60. The van der Waals surface area contributed by atoms with E-state index in [-0.39, 0.29) is 0 Å². The predicted octanol–water partition coefficient (Wildman–Crippen LogP) is 2.85. The van der Waals surface area contributed by atoms with Gasteiger partial charge in [0.25, 0.3) is 0 Å². The molecule has 2 rings (SSSR count). The summed E-state index contributed by atoms with van der Waals surface area (Å²) in [6.07, 6.45) is 0. The number of fused-ring (bicyclic) bond motifs is 1. The molecule has 0 aliphatic heterocycles. The van der Waals surface area contributed by atoms with Gasteiger partial charge in [0.15, 0.2) is 0 Å². The lowest BCUT2D eigenvalue weighted by Gasteiger charge is -2.58. The third-order valence-corrected chi connectivity index (χ3v) is 3.97. The molecule has 0 N–H and O–H groups in total. The number of hydrogen-bond donors (Lipinski definition) is 0. The van der Waals surface area contributed by atoms with E-state index in [1.54, 1.807) is 11.1 Å². The summed E-state index contributed by atoms with van der Waals surface area (Å²) in [5.41, 5.74) is 3.38. The van der Waals surface area contributed by atoms with Crippen LogP contribution in [-0.2, 0) is 0 Å². The molecule has 0 bridgehead atoms. The first kappa shape index (κ1) is 6.45. The average molecular weight is 136 g/mol. The topological polar surface area (TPSA) is 0 Å². The van der Waals surface area contributed by atoms with Crippen LogP contribution in [0.4, 0.5) is 0 Å². The zero-order chi connectivity index (χ0) is 7.46. The van der Waals surface area contributed by atoms with Gasteiger partial charge >= 0.3 is 0 Å². The van der Waals surface area contributed by atoms with E-state index in [0.29, 0.717) is 0 Å². The summed E-state index contributed by atoms with van der Waals surface area (Å²) in [5, 5.41) is 0. The number of hydrogen-bond acceptors (Lipinski definition) is 0. The maximum absolute atomic E-state index is 2.39. The van der Waals surface area contributed by atoms with Gasteiger partial charge in [0.05, 0.1) is 0 Å². The van der Waals surface area contributed by atoms with Crippen molar-refractivity contribution in [3.63, 3.8) is 0 Å². The van der Waals surface area contributed by atoms with E-state index in [9.17, 15) is 0 Å². The minimum absolute atomic E-state index is 0.966. The van der Waals surface area contributed by atoms with Gasteiger partial charge < -0.3 is 0 Å². The first-order chi connectivity index (χ1) is 4.64. The highest BCUT2D eigenvalue weighted by atomic mass is 14.6. The molecule has 0 saturated heterocycles. The van der Waals surface area contributed by atoms with Crippen LogP contribution in [-0.4, -0.2) is 0 Å². The Morgan fingerprint density at radius 3 is 1.40 bits per heavy atom. The summed E-state index contributed by atoms with van der Waals surface area (Å²) in [5.74, 6) is 3.90. The average Bonchev–Trinajstić information content (AvgIpc) is 1.95. The van der Waals surface area contributed by atoms with Crippen LogP contribution in [0.1, 0.15) is 27.7 Å². The fourth-order valence-corrected chi connectivity index (χ4v) is 2.92. The Morgan fingerprint density at radius 2 is 1.10 bits per heavy atom. The molecule has 10 heavy (non-hydrogen) atoms. The van der Waals surface area contributed by atoms with Gasteiger partial charge in [-0.05, 0) is 37.5 Å². The SMILES string of the molecule is CC1=C(C)C2C(C)C(C)C12. The highest BCUT2D eigenvalue weighted by molar-refractivity contribution is 5.36. The molecule has 56 valence electrons. The molecule has 4 atom stereocenters. The van der Waals surface area contributed by atoms with Crippen molar-refractivity contribution in [1.29, 1.82) is 0 Å². The summed E-state index contributed by atoms with van der Waals surface area (Å²) >= 11 is 0. The molecular weight excluding hydrogens is 120 g/mol. The molecule has 0 aromatic heterocycles. The van der Waals surface area contributed by atoms with Crippen LogP contribution < -0.4 is 0 Å². The predicted molar refractivity (Wildman–Crippen MR) is 43.7 cm³/mol. The van der Waals surface area contributed by atoms with E-state index in [1.807, 2.05) is 0 Å². The van der Waals surface area contributed by atoms with E-state index in [4.69, 9.17) is 0 Å².